The van der Waals surface area contributed by atoms with Crippen molar-refractivity contribution in [1.82, 2.24) is 0 Å². The molecule has 0 saturated carbocycles. The molecule has 1 rings (SSSR count). The third kappa shape index (κ3) is 5.92. The average Bonchev–Trinajstić information content (AvgIpc) is 2.44. The van der Waals surface area contributed by atoms with Crippen molar-refractivity contribution < 1.29 is 9.22 Å². The van der Waals surface area contributed by atoms with Gasteiger partial charge in [0.05, 0.1) is 5.41 Å². The number of rotatable bonds is 7. The summed E-state index contributed by atoms with van der Waals surface area (Å²) in [4.78, 5) is 12.3. The summed E-state index contributed by atoms with van der Waals surface area (Å²) >= 11 is 0. The minimum Gasteiger partial charge on any atom is -0.417 e. The molecular formula is C22H40O2Si. The van der Waals surface area contributed by atoms with E-state index in [1.165, 1.54) is 0 Å². The fourth-order valence-electron chi connectivity index (χ4n) is 2.89. The Morgan fingerprint density at radius 3 is 1.96 bits per heavy atom. The van der Waals surface area contributed by atoms with E-state index in [9.17, 15) is 4.79 Å². The molecule has 0 atom stereocenters. The number of carbonyl (C=O) groups excluding carboxylic acids is 1. The molecule has 25 heavy (non-hydrogen) atoms. The lowest BCUT2D eigenvalue weighted by atomic mass is 9.70. The lowest BCUT2D eigenvalue weighted by Gasteiger charge is -2.36. The topological polar surface area (TPSA) is 26.3 Å². The number of hydrogen-bond donors (Lipinski definition) is 0. The summed E-state index contributed by atoms with van der Waals surface area (Å²) in [5, 5.41) is 0.254. The van der Waals surface area contributed by atoms with Crippen LogP contribution in [0, 0.1) is 16.7 Å². The lowest BCUT2D eigenvalue weighted by Crippen LogP contribution is -2.41. The minimum absolute atomic E-state index is 0.201. The summed E-state index contributed by atoms with van der Waals surface area (Å²) in [5.74, 6) is 0.652. The van der Waals surface area contributed by atoms with Gasteiger partial charge in [0.2, 0.25) is 0 Å². The van der Waals surface area contributed by atoms with Crippen molar-refractivity contribution in [1.29, 1.82) is 0 Å². The number of allylic oxidation sites excluding steroid dienone is 4. The van der Waals surface area contributed by atoms with E-state index in [4.69, 9.17) is 4.43 Å². The Labute approximate surface area is 157 Å². The van der Waals surface area contributed by atoms with E-state index in [2.05, 4.69) is 78.9 Å². The molecule has 0 aromatic heterocycles. The van der Waals surface area contributed by atoms with Gasteiger partial charge in [0, 0.05) is 6.61 Å². The molecular weight excluding hydrogens is 324 g/mol. The van der Waals surface area contributed by atoms with E-state index >= 15 is 0 Å². The molecule has 0 bridgehead atoms. The Bertz CT molecular complexity index is 501. The van der Waals surface area contributed by atoms with Gasteiger partial charge in [-0.25, -0.2) is 0 Å². The molecule has 0 aromatic rings. The molecule has 1 aliphatic rings. The van der Waals surface area contributed by atoms with Gasteiger partial charge in [-0.3, -0.25) is 4.79 Å². The van der Waals surface area contributed by atoms with Crippen LogP contribution in [0.25, 0.3) is 0 Å². The Morgan fingerprint density at radius 1 is 1.04 bits per heavy atom. The Morgan fingerprint density at radius 2 is 1.56 bits per heavy atom. The highest BCUT2D eigenvalue weighted by atomic mass is 28.4. The Kier molecular flexibility index (Phi) is 7.08. The zero-order valence-corrected chi connectivity index (χ0v) is 19.0. The zero-order chi connectivity index (χ0) is 19.5. The standard InChI is InChI=1S/C22H40O2Si/c1-18(23)22(15-12-19(13-16-22)20(2,3)4)14-10-11-17-24-25(8,9)21(5,6)7/h12-13,15-16,19H,10-11,14,17H2,1-9H3. The van der Waals surface area contributed by atoms with Crippen LogP contribution in [0.2, 0.25) is 18.1 Å². The normalized spacial score (nSPS) is 24.6. The Balaban J connectivity index is 2.57. The van der Waals surface area contributed by atoms with E-state index in [1.54, 1.807) is 6.92 Å². The van der Waals surface area contributed by atoms with Gasteiger partial charge in [-0.1, -0.05) is 65.8 Å². The maximum atomic E-state index is 12.3. The molecule has 0 saturated heterocycles. The third-order valence-electron chi connectivity index (χ3n) is 6.11. The summed E-state index contributed by atoms with van der Waals surface area (Å²) in [5.41, 5.74) is -0.203. The number of carbonyl (C=O) groups is 1. The van der Waals surface area contributed by atoms with Gasteiger partial charge in [0.25, 0.3) is 0 Å². The molecule has 2 nitrogen and oxygen atoms in total. The third-order valence-corrected chi connectivity index (χ3v) is 10.6. The molecule has 1 aliphatic carbocycles. The van der Waals surface area contributed by atoms with Crippen LogP contribution in [0.3, 0.4) is 0 Å². The summed E-state index contributed by atoms with van der Waals surface area (Å²) in [6, 6.07) is 0. The maximum absolute atomic E-state index is 12.3. The number of ketones is 1. The highest BCUT2D eigenvalue weighted by molar-refractivity contribution is 6.74. The lowest BCUT2D eigenvalue weighted by molar-refractivity contribution is -0.122. The fourth-order valence-corrected chi connectivity index (χ4v) is 3.98. The van der Waals surface area contributed by atoms with Gasteiger partial charge in [-0.2, -0.15) is 0 Å². The molecule has 3 heteroatoms. The van der Waals surface area contributed by atoms with Crippen molar-refractivity contribution in [2.45, 2.75) is 85.9 Å². The molecule has 0 radical (unpaired) electrons. The molecule has 0 aromatic carbocycles. The van der Waals surface area contributed by atoms with E-state index < -0.39 is 13.7 Å². The van der Waals surface area contributed by atoms with Crippen LogP contribution in [0.1, 0.15) is 67.7 Å². The molecule has 0 spiro atoms. The second-order valence-corrected chi connectivity index (χ2v) is 15.1. The summed E-state index contributed by atoms with van der Waals surface area (Å²) < 4.78 is 6.26. The monoisotopic (exact) mass is 364 g/mol. The number of hydrogen-bond acceptors (Lipinski definition) is 2. The maximum Gasteiger partial charge on any atom is 0.191 e. The van der Waals surface area contributed by atoms with Gasteiger partial charge >= 0.3 is 0 Å². The predicted molar refractivity (Wildman–Crippen MR) is 111 cm³/mol. The molecule has 0 fully saturated rings. The van der Waals surface area contributed by atoms with Crippen LogP contribution < -0.4 is 0 Å². The first-order chi connectivity index (χ1) is 11.2. The van der Waals surface area contributed by atoms with E-state index in [-0.39, 0.29) is 16.2 Å². The van der Waals surface area contributed by atoms with Crippen molar-refractivity contribution in [3.8, 4) is 0 Å². The minimum atomic E-state index is -1.66. The smallest absolute Gasteiger partial charge is 0.191 e. The van der Waals surface area contributed by atoms with Crippen LogP contribution in [0.5, 0.6) is 0 Å². The first-order valence-electron chi connectivity index (χ1n) is 9.75. The highest BCUT2D eigenvalue weighted by Gasteiger charge is 2.37. The summed E-state index contributed by atoms with van der Waals surface area (Å²) in [6.07, 6.45) is 11.7. The predicted octanol–water partition coefficient (Wildman–Crippen LogP) is 6.54. The molecule has 0 heterocycles. The Hall–Kier alpha value is -0.673. The number of Topliss-reactive ketones (excluding diaryl/α,β-unsaturated/α-hetero) is 1. The molecule has 0 unspecified atom stereocenters. The second kappa shape index (κ2) is 7.92. The van der Waals surface area contributed by atoms with Crippen molar-refractivity contribution in [2.75, 3.05) is 6.61 Å². The molecule has 0 amide bonds. The van der Waals surface area contributed by atoms with E-state index in [1.807, 2.05) is 0 Å². The number of unbranched alkanes of at least 4 members (excludes halogenated alkanes) is 1. The molecule has 0 N–H and O–H groups in total. The van der Waals surface area contributed by atoms with Crippen LogP contribution >= 0.6 is 0 Å². The summed E-state index contributed by atoms with van der Waals surface area (Å²) in [7, 11) is -1.66. The molecule has 144 valence electrons. The molecule has 0 aliphatic heterocycles. The van der Waals surface area contributed by atoms with Gasteiger partial charge in [0.15, 0.2) is 8.32 Å². The van der Waals surface area contributed by atoms with Crippen LogP contribution in [-0.2, 0) is 9.22 Å². The summed E-state index contributed by atoms with van der Waals surface area (Å²) in [6.45, 7) is 20.7. The largest absolute Gasteiger partial charge is 0.417 e. The van der Waals surface area contributed by atoms with Crippen LogP contribution in [-0.4, -0.2) is 20.7 Å². The van der Waals surface area contributed by atoms with Crippen molar-refractivity contribution in [3.05, 3.63) is 24.3 Å². The van der Waals surface area contributed by atoms with E-state index in [0.29, 0.717) is 5.92 Å². The fraction of sp³-hybridized carbons (Fsp3) is 0.773. The van der Waals surface area contributed by atoms with Gasteiger partial charge < -0.3 is 4.43 Å². The second-order valence-electron chi connectivity index (χ2n) is 10.3. The van der Waals surface area contributed by atoms with Gasteiger partial charge in [0.1, 0.15) is 5.78 Å². The first-order valence-corrected chi connectivity index (χ1v) is 12.7. The van der Waals surface area contributed by atoms with Crippen molar-refractivity contribution in [2.24, 2.45) is 16.7 Å². The van der Waals surface area contributed by atoms with Crippen LogP contribution in [0.15, 0.2) is 24.3 Å². The van der Waals surface area contributed by atoms with Gasteiger partial charge in [-0.15, -0.1) is 0 Å². The van der Waals surface area contributed by atoms with Crippen molar-refractivity contribution >= 4 is 14.1 Å². The quantitative estimate of drug-likeness (QED) is 0.291. The van der Waals surface area contributed by atoms with Crippen LogP contribution in [0.4, 0.5) is 0 Å². The SMILES string of the molecule is CC(=O)C1(CCCCO[Si](C)(C)C(C)(C)C)C=CC(C(C)(C)C)C=C1. The zero-order valence-electron chi connectivity index (χ0n) is 18.0. The van der Waals surface area contributed by atoms with Gasteiger partial charge in [-0.05, 0) is 55.7 Å². The highest BCUT2D eigenvalue weighted by Crippen LogP contribution is 2.39. The first kappa shape index (κ1) is 22.4. The van der Waals surface area contributed by atoms with E-state index in [0.717, 1.165) is 25.9 Å². The van der Waals surface area contributed by atoms with Crippen molar-refractivity contribution in [3.63, 3.8) is 0 Å². The average molecular weight is 365 g/mol.